The maximum atomic E-state index is 12.9. The molecule has 1 aromatic heterocycles. The van der Waals surface area contributed by atoms with Crippen molar-refractivity contribution < 1.29 is 14.3 Å². The number of hydrogen-bond acceptors (Lipinski definition) is 3. The second-order valence-electron chi connectivity index (χ2n) is 3.80. The minimum Gasteiger partial charge on any atom is -0.477 e. The van der Waals surface area contributed by atoms with E-state index in [1.54, 1.807) is 12.1 Å². The van der Waals surface area contributed by atoms with Gasteiger partial charge in [0, 0.05) is 0 Å². The van der Waals surface area contributed by atoms with Gasteiger partial charge in [-0.3, -0.25) is 0 Å². The van der Waals surface area contributed by atoms with Crippen LogP contribution in [-0.4, -0.2) is 16.1 Å². The summed E-state index contributed by atoms with van der Waals surface area (Å²) < 4.78 is 12.9. The fourth-order valence-electron chi connectivity index (χ4n) is 1.52. The van der Waals surface area contributed by atoms with Gasteiger partial charge in [-0.05, 0) is 30.3 Å². The standard InChI is InChI=1S/C13H10ClFN2O2/c14-10-6-8(15)4-5-11(10)16-7-9-2-1-3-12(17-9)13(18)19/h1-6,16H,7H2,(H,18,19). The van der Waals surface area contributed by atoms with Crippen molar-refractivity contribution in [1.82, 2.24) is 4.98 Å². The van der Waals surface area contributed by atoms with Crippen LogP contribution in [0.1, 0.15) is 16.2 Å². The van der Waals surface area contributed by atoms with Crippen LogP contribution >= 0.6 is 11.6 Å². The van der Waals surface area contributed by atoms with Crippen LogP contribution in [0, 0.1) is 5.82 Å². The van der Waals surface area contributed by atoms with E-state index in [9.17, 15) is 9.18 Å². The van der Waals surface area contributed by atoms with Gasteiger partial charge in [0.1, 0.15) is 11.5 Å². The first-order chi connectivity index (χ1) is 9.06. The van der Waals surface area contributed by atoms with Gasteiger partial charge in [0.15, 0.2) is 0 Å². The summed E-state index contributed by atoms with van der Waals surface area (Å²) in [5.41, 5.74) is 1.09. The highest BCUT2D eigenvalue weighted by Crippen LogP contribution is 2.22. The van der Waals surface area contributed by atoms with Crippen molar-refractivity contribution in [3.05, 3.63) is 58.6 Å². The number of nitrogens with one attached hydrogen (secondary N) is 1. The third kappa shape index (κ3) is 3.42. The number of carbonyl (C=O) groups is 1. The molecule has 1 aromatic carbocycles. The lowest BCUT2D eigenvalue weighted by Crippen LogP contribution is -2.06. The van der Waals surface area contributed by atoms with Crippen LogP contribution in [0.3, 0.4) is 0 Å². The number of pyridine rings is 1. The lowest BCUT2D eigenvalue weighted by atomic mass is 10.2. The second kappa shape index (κ2) is 5.67. The smallest absolute Gasteiger partial charge is 0.354 e. The summed E-state index contributed by atoms with van der Waals surface area (Å²) in [5.74, 6) is -1.50. The quantitative estimate of drug-likeness (QED) is 0.903. The zero-order valence-electron chi connectivity index (χ0n) is 9.73. The van der Waals surface area contributed by atoms with Crippen molar-refractivity contribution in [3.63, 3.8) is 0 Å². The van der Waals surface area contributed by atoms with E-state index < -0.39 is 11.8 Å². The van der Waals surface area contributed by atoms with Gasteiger partial charge in [-0.15, -0.1) is 0 Å². The molecule has 4 nitrogen and oxygen atoms in total. The summed E-state index contributed by atoms with van der Waals surface area (Å²) in [5, 5.41) is 12.1. The highest BCUT2D eigenvalue weighted by Gasteiger charge is 2.06. The molecule has 6 heteroatoms. The molecule has 98 valence electrons. The predicted octanol–water partition coefficient (Wildman–Crippen LogP) is 3.18. The van der Waals surface area contributed by atoms with Crippen LogP contribution in [0.4, 0.5) is 10.1 Å². The Balaban J connectivity index is 2.10. The Morgan fingerprint density at radius 2 is 2.16 bits per heavy atom. The fraction of sp³-hybridized carbons (Fsp3) is 0.0769. The van der Waals surface area contributed by atoms with Gasteiger partial charge in [-0.1, -0.05) is 17.7 Å². The normalized spacial score (nSPS) is 10.2. The molecule has 2 N–H and O–H groups in total. The molecule has 0 radical (unpaired) electrons. The molecule has 1 heterocycles. The second-order valence-corrected chi connectivity index (χ2v) is 4.20. The molecule has 0 atom stereocenters. The summed E-state index contributed by atoms with van der Waals surface area (Å²) in [6.45, 7) is 0.298. The van der Waals surface area contributed by atoms with E-state index in [4.69, 9.17) is 16.7 Å². The molecule has 0 aliphatic heterocycles. The van der Waals surface area contributed by atoms with E-state index in [-0.39, 0.29) is 10.7 Å². The molecule has 2 aromatic rings. The highest BCUT2D eigenvalue weighted by molar-refractivity contribution is 6.33. The molecule has 19 heavy (non-hydrogen) atoms. The van der Waals surface area contributed by atoms with Crippen LogP contribution in [0.15, 0.2) is 36.4 Å². The highest BCUT2D eigenvalue weighted by atomic mass is 35.5. The lowest BCUT2D eigenvalue weighted by molar-refractivity contribution is 0.0690. The molecule has 0 spiro atoms. The van der Waals surface area contributed by atoms with Gasteiger partial charge < -0.3 is 10.4 Å². The Hall–Kier alpha value is -2.14. The number of halogens is 2. The van der Waals surface area contributed by atoms with Crippen LogP contribution < -0.4 is 5.32 Å². The largest absolute Gasteiger partial charge is 0.477 e. The van der Waals surface area contributed by atoms with Crippen molar-refractivity contribution in [2.75, 3.05) is 5.32 Å². The van der Waals surface area contributed by atoms with E-state index in [0.717, 1.165) is 0 Å². The van der Waals surface area contributed by atoms with Gasteiger partial charge in [-0.2, -0.15) is 0 Å². The van der Waals surface area contributed by atoms with Crippen LogP contribution in [0.25, 0.3) is 0 Å². The Labute approximate surface area is 113 Å². The summed E-state index contributed by atoms with van der Waals surface area (Å²) in [6.07, 6.45) is 0. The summed E-state index contributed by atoms with van der Waals surface area (Å²) >= 11 is 5.86. The average molecular weight is 281 g/mol. The molecular weight excluding hydrogens is 271 g/mol. The number of aromatic nitrogens is 1. The maximum Gasteiger partial charge on any atom is 0.354 e. The molecule has 0 unspecified atom stereocenters. The molecule has 0 aliphatic carbocycles. The van der Waals surface area contributed by atoms with E-state index in [1.165, 1.54) is 24.3 Å². The Bertz CT molecular complexity index is 619. The fourth-order valence-corrected chi connectivity index (χ4v) is 1.75. The van der Waals surface area contributed by atoms with Gasteiger partial charge in [0.2, 0.25) is 0 Å². The number of rotatable bonds is 4. The Morgan fingerprint density at radius 3 is 2.84 bits per heavy atom. The zero-order chi connectivity index (χ0) is 13.8. The Morgan fingerprint density at radius 1 is 1.37 bits per heavy atom. The maximum absolute atomic E-state index is 12.9. The summed E-state index contributed by atoms with van der Waals surface area (Å²) in [7, 11) is 0. The molecule has 0 saturated heterocycles. The van der Waals surface area contributed by atoms with E-state index >= 15 is 0 Å². The van der Waals surface area contributed by atoms with Crippen LogP contribution in [0.5, 0.6) is 0 Å². The summed E-state index contributed by atoms with van der Waals surface area (Å²) in [4.78, 5) is 14.7. The van der Waals surface area contributed by atoms with E-state index in [1.807, 2.05) is 0 Å². The molecule has 0 bridgehead atoms. The van der Waals surface area contributed by atoms with Crippen molar-refractivity contribution in [1.29, 1.82) is 0 Å². The predicted molar refractivity (Wildman–Crippen MR) is 69.9 cm³/mol. The van der Waals surface area contributed by atoms with Gasteiger partial charge in [-0.25, -0.2) is 14.2 Å². The third-order valence-electron chi connectivity index (χ3n) is 2.42. The number of carboxylic acids is 1. The average Bonchev–Trinajstić information content (AvgIpc) is 2.38. The third-order valence-corrected chi connectivity index (χ3v) is 2.73. The number of nitrogens with zero attached hydrogens (tertiary/aromatic N) is 1. The minimum atomic E-state index is -1.08. The van der Waals surface area contributed by atoms with E-state index in [2.05, 4.69) is 10.3 Å². The van der Waals surface area contributed by atoms with Gasteiger partial charge in [0.05, 0.1) is 22.9 Å². The number of hydrogen-bond donors (Lipinski definition) is 2. The number of aromatic carboxylic acids is 1. The monoisotopic (exact) mass is 280 g/mol. The number of benzene rings is 1. The number of anilines is 1. The lowest BCUT2D eigenvalue weighted by Gasteiger charge is -2.08. The first-order valence-electron chi connectivity index (χ1n) is 5.44. The molecule has 0 saturated carbocycles. The SMILES string of the molecule is O=C(O)c1cccc(CNc2ccc(F)cc2Cl)n1. The van der Waals surface area contributed by atoms with Crippen molar-refractivity contribution in [2.24, 2.45) is 0 Å². The summed E-state index contributed by atoms with van der Waals surface area (Å²) in [6, 6.07) is 8.71. The zero-order valence-corrected chi connectivity index (χ0v) is 10.5. The number of carboxylic acid groups (broad SMARTS) is 1. The van der Waals surface area contributed by atoms with Crippen LogP contribution in [-0.2, 0) is 6.54 Å². The molecule has 2 rings (SSSR count). The molecule has 0 aliphatic rings. The molecule has 0 fully saturated rings. The van der Waals surface area contributed by atoms with Crippen molar-refractivity contribution in [3.8, 4) is 0 Å². The van der Waals surface area contributed by atoms with Gasteiger partial charge in [0.25, 0.3) is 0 Å². The molecular formula is C13H10ClFN2O2. The van der Waals surface area contributed by atoms with Gasteiger partial charge >= 0.3 is 5.97 Å². The van der Waals surface area contributed by atoms with Crippen molar-refractivity contribution >= 4 is 23.3 Å². The minimum absolute atomic E-state index is 0.0236. The topological polar surface area (TPSA) is 62.2 Å². The first kappa shape index (κ1) is 13.3. The van der Waals surface area contributed by atoms with Crippen LogP contribution in [0.2, 0.25) is 5.02 Å². The van der Waals surface area contributed by atoms with Crippen molar-refractivity contribution in [2.45, 2.75) is 6.54 Å². The first-order valence-corrected chi connectivity index (χ1v) is 5.82. The van der Waals surface area contributed by atoms with E-state index in [0.29, 0.717) is 17.9 Å². The molecule has 0 amide bonds. The Kier molecular flexibility index (Phi) is 3.97.